The molecule has 176 valence electrons. The van der Waals surface area contributed by atoms with Crippen LogP contribution in [0.1, 0.15) is 23.1 Å². The Balaban J connectivity index is 1.37. The Bertz CT molecular complexity index is 1020. The highest BCUT2D eigenvalue weighted by Gasteiger charge is 2.45. The molecule has 0 aliphatic carbocycles. The Hall–Kier alpha value is -2.76. The van der Waals surface area contributed by atoms with Crippen LogP contribution < -0.4 is 0 Å². The minimum Gasteiger partial charge on any atom is -0.369 e. The summed E-state index contributed by atoms with van der Waals surface area (Å²) in [6, 6.07) is 31.3. The molecule has 2 heterocycles. The molecule has 0 bridgehead atoms. The molecular weight excluding hydrogens is 422 g/mol. The summed E-state index contributed by atoms with van der Waals surface area (Å²) in [5, 5.41) is 0. The zero-order valence-corrected chi connectivity index (χ0v) is 19.5. The van der Waals surface area contributed by atoms with Crippen molar-refractivity contribution in [3.63, 3.8) is 0 Å². The van der Waals surface area contributed by atoms with E-state index in [0.717, 1.165) is 25.1 Å². The smallest absolute Gasteiger partial charge is 0.113 e. The van der Waals surface area contributed by atoms with E-state index in [1.807, 2.05) is 18.2 Å². The number of nitrogens with zero attached hydrogens (tertiary/aromatic N) is 1. The van der Waals surface area contributed by atoms with Crippen LogP contribution in [0, 0.1) is 0 Å². The van der Waals surface area contributed by atoms with Crippen molar-refractivity contribution in [2.24, 2.45) is 0 Å². The number of hydrogen-bond donors (Lipinski definition) is 0. The molecule has 4 atom stereocenters. The summed E-state index contributed by atoms with van der Waals surface area (Å²) in [6.45, 7) is 3.52. The van der Waals surface area contributed by atoms with E-state index in [9.17, 15) is 0 Å². The number of hydrogen-bond acceptors (Lipinski definition) is 4. The molecule has 1 saturated heterocycles. The fourth-order valence-corrected chi connectivity index (χ4v) is 4.87. The van der Waals surface area contributed by atoms with Crippen molar-refractivity contribution in [1.29, 1.82) is 0 Å². The predicted molar refractivity (Wildman–Crippen MR) is 134 cm³/mol. The predicted octanol–water partition coefficient (Wildman–Crippen LogP) is 5.39. The van der Waals surface area contributed by atoms with E-state index < -0.39 is 0 Å². The maximum absolute atomic E-state index is 6.62. The van der Waals surface area contributed by atoms with Gasteiger partial charge in [-0.25, -0.2) is 0 Å². The molecule has 4 heteroatoms. The molecule has 4 nitrogen and oxygen atoms in total. The van der Waals surface area contributed by atoms with Gasteiger partial charge in [0, 0.05) is 13.1 Å². The molecule has 5 rings (SSSR count). The van der Waals surface area contributed by atoms with Gasteiger partial charge in [-0.05, 0) is 23.1 Å². The molecule has 2 aliphatic rings. The fraction of sp³-hybridized carbons (Fsp3) is 0.333. The van der Waals surface area contributed by atoms with Crippen LogP contribution in [0.15, 0.2) is 103 Å². The lowest BCUT2D eigenvalue weighted by Gasteiger charge is -2.48. The monoisotopic (exact) mass is 455 g/mol. The van der Waals surface area contributed by atoms with Gasteiger partial charge in [-0.2, -0.15) is 0 Å². The first-order valence-electron chi connectivity index (χ1n) is 12.2. The first-order chi connectivity index (χ1) is 16.9. The molecule has 2 aliphatic heterocycles. The molecule has 0 amide bonds. The standard InChI is InChI=1S/C30H33NO3/c1-4-12-24(13-5-1)21-32-28-20-31-19-11-10-18-27(31)29(33-22-25-14-6-2-7-15-25)30(28)34-23-26-16-8-3-9-17-26/h1-10,12-18,27-30H,11,19-23H2/t27-,28+,29+,30+/m0/s1. The Kier molecular flexibility index (Phi) is 7.84. The first kappa shape index (κ1) is 23.0. The SMILES string of the molecule is C1=C[C@H]2[C@@H](OCc3ccccc3)[C@H](OCc3ccccc3)[C@H](OCc3ccccc3)CN2CC1. The number of piperidine rings is 1. The van der Waals surface area contributed by atoms with Crippen LogP contribution in [-0.4, -0.2) is 42.3 Å². The van der Waals surface area contributed by atoms with E-state index in [2.05, 4.69) is 89.8 Å². The highest BCUT2D eigenvalue weighted by atomic mass is 16.6. The van der Waals surface area contributed by atoms with Crippen molar-refractivity contribution in [3.05, 3.63) is 120 Å². The normalized spacial score (nSPS) is 24.6. The fourth-order valence-electron chi connectivity index (χ4n) is 4.87. The number of benzene rings is 3. The number of fused-ring (bicyclic) bond motifs is 1. The van der Waals surface area contributed by atoms with Gasteiger partial charge in [0.15, 0.2) is 0 Å². The Labute approximate surface area is 202 Å². The van der Waals surface area contributed by atoms with Crippen molar-refractivity contribution < 1.29 is 14.2 Å². The van der Waals surface area contributed by atoms with Crippen LogP contribution in [0.2, 0.25) is 0 Å². The number of ether oxygens (including phenoxy) is 3. The summed E-state index contributed by atoms with van der Waals surface area (Å²) >= 11 is 0. The third-order valence-corrected chi connectivity index (χ3v) is 6.66. The minimum atomic E-state index is -0.170. The van der Waals surface area contributed by atoms with Gasteiger partial charge in [0.2, 0.25) is 0 Å². The van der Waals surface area contributed by atoms with Gasteiger partial charge in [0.05, 0.1) is 32.0 Å². The Morgan fingerprint density at radius 3 is 1.68 bits per heavy atom. The summed E-state index contributed by atoms with van der Waals surface area (Å²) < 4.78 is 19.8. The topological polar surface area (TPSA) is 30.9 Å². The van der Waals surface area contributed by atoms with Crippen molar-refractivity contribution in [1.82, 2.24) is 4.90 Å². The molecule has 0 aromatic heterocycles. The zero-order valence-electron chi connectivity index (χ0n) is 19.5. The van der Waals surface area contributed by atoms with Crippen LogP contribution in [0.4, 0.5) is 0 Å². The van der Waals surface area contributed by atoms with E-state index in [1.54, 1.807) is 0 Å². The summed E-state index contributed by atoms with van der Waals surface area (Å²) in [4.78, 5) is 2.49. The Morgan fingerprint density at radius 1 is 0.618 bits per heavy atom. The molecular formula is C30H33NO3. The Morgan fingerprint density at radius 2 is 1.12 bits per heavy atom. The summed E-state index contributed by atoms with van der Waals surface area (Å²) in [6.07, 6.45) is 5.27. The van der Waals surface area contributed by atoms with Crippen LogP contribution in [0.5, 0.6) is 0 Å². The van der Waals surface area contributed by atoms with Gasteiger partial charge in [-0.15, -0.1) is 0 Å². The molecule has 3 aromatic carbocycles. The second-order valence-electron chi connectivity index (χ2n) is 9.06. The highest BCUT2D eigenvalue weighted by Crippen LogP contribution is 2.31. The summed E-state index contributed by atoms with van der Waals surface area (Å²) in [5.41, 5.74) is 3.50. The molecule has 0 unspecified atom stereocenters. The van der Waals surface area contributed by atoms with E-state index >= 15 is 0 Å². The van der Waals surface area contributed by atoms with Gasteiger partial charge in [0.25, 0.3) is 0 Å². The van der Waals surface area contributed by atoms with Crippen molar-refractivity contribution in [3.8, 4) is 0 Å². The molecule has 0 radical (unpaired) electrons. The maximum Gasteiger partial charge on any atom is 0.113 e. The van der Waals surface area contributed by atoms with Crippen LogP contribution in [0.25, 0.3) is 0 Å². The van der Waals surface area contributed by atoms with Gasteiger partial charge in [-0.3, -0.25) is 4.90 Å². The minimum absolute atomic E-state index is 0.0764. The molecule has 0 saturated carbocycles. The van der Waals surface area contributed by atoms with Crippen LogP contribution >= 0.6 is 0 Å². The van der Waals surface area contributed by atoms with Crippen molar-refractivity contribution in [2.75, 3.05) is 13.1 Å². The average Bonchev–Trinajstić information content (AvgIpc) is 2.91. The van der Waals surface area contributed by atoms with E-state index in [4.69, 9.17) is 14.2 Å². The second kappa shape index (κ2) is 11.6. The van der Waals surface area contributed by atoms with Crippen LogP contribution in [0.3, 0.4) is 0 Å². The highest BCUT2D eigenvalue weighted by molar-refractivity contribution is 5.17. The largest absolute Gasteiger partial charge is 0.369 e. The average molecular weight is 456 g/mol. The van der Waals surface area contributed by atoms with Gasteiger partial charge >= 0.3 is 0 Å². The third kappa shape index (κ3) is 5.83. The lowest BCUT2D eigenvalue weighted by molar-refractivity contribution is -0.197. The van der Waals surface area contributed by atoms with E-state index in [-0.39, 0.29) is 24.4 Å². The molecule has 34 heavy (non-hydrogen) atoms. The van der Waals surface area contributed by atoms with Gasteiger partial charge in [0.1, 0.15) is 12.2 Å². The molecule has 1 fully saturated rings. The quantitative estimate of drug-likeness (QED) is 0.405. The number of rotatable bonds is 9. The maximum atomic E-state index is 6.62. The van der Waals surface area contributed by atoms with Gasteiger partial charge in [-0.1, -0.05) is 103 Å². The lowest BCUT2D eigenvalue weighted by Crippen LogP contribution is -2.63. The van der Waals surface area contributed by atoms with E-state index in [1.165, 1.54) is 11.1 Å². The zero-order chi connectivity index (χ0) is 23.0. The molecule has 0 N–H and O–H groups in total. The second-order valence-corrected chi connectivity index (χ2v) is 9.06. The summed E-state index contributed by atoms with van der Waals surface area (Å²) in [5.74, 6) is 0. The van der Waals surface area contributed by atoms with Crippen molar-refractivity contribution in [2.45, 2.75) is 50.6 Å². The van der Waals surface area contributed by atoms with Crippen LogP contribution in [-0.2, 0) is 34.0 Å². The van der Waals surface area contributed by atoms with Gasteiger partial charge < -0.3 is 14.2 Å². The molecule has 0 spiro atoms. The van der Waals surface area contributed by atoms with E-state index in [0.29, 0.717) is 19.8 Å². The summed E-state index contributed by atoms with van der Waals surface area (Å²) in [7, 11) is 0. The molecule has 3 aromatic rings. The third-order valence-electron chi connectivity index (χ3n) is 6.66. The van der Waals surface area contributed by atoms with Crippen molar-refractivity contribution >= 4 is 0 Å². The first-order valence-corrected chi connectivity index (χ1v) is 12.2. The lowest BCUT2D eigenvalue weighted by atomic mass is 9.90.